The van der Waals surface area contributed by atoms with Crippen molar-refractivity contribution in [3.8, 4) is 17.2 Å². The van der Waals surface area contributed by atoms with Gasteiger partial charge in [-0.1, -0.05) is 379 Å². The molecule has 16 heteroatoms. The molecule has 7 aliphatic heterocycles. The molecule has 9 nitrogen and oxygen atoms in total. The fraction of sp³-hybridized carbons (Fsp3) is 0.248. The molecule has 754 valence electrons. The highest BCUT2D eigenvalue weighted by Gasteiger charge is 2.50. The van der Waals surface area contributed by atoms with E-state index in [2.05, 4.69) is 442 Å². The summed E-state index contributed by atoms with van der Waals surface area (Å²) in [7, 11) is 5.19. The lowest BCUT2D eigenvalue weighted by atomic mass is 9.85. The van der Waals surface area contributed by atoms with Crippen LogP contribution in [0.25, 0.3) is 75.4 Å². The molecule has 19 aromatic carbocycles. The number of fused-ring (bicyclic) bond motifs is 11. The van der Waals surface area contributed by atoms with Gasteiger partial charge in [-0.2, -0.15) is 0 Å². The number of hydrogen-bond donors (Lipinski definition) is 0. The Bertz CT molecular complexity index is 7900. The van der Waals surface area contributed by atoms with E-state index in [1.807, 2.05) is 83.1 Å². The molecule has 7 aliphatic rings. The number of methoxy groups -OCH3 is 3. The van der Waals surface area contributed by atoms with Gasteiger partial charge >= 0.3 is 0 Å². The third-order valence-corrected chi connectivity index (χ3v) is 40.9. The Morgan fingerprint density at radius 1 is 0.255 bits per heavy atom. The van der Waals surface area contributed by atoms with Crippen LogP contribution < -0.4 is 14.2 Å². The van der Waals surface area contributed by atoms with Gasteiger partial charge in [-0.15, -0.1) is 70.6 Å². The van der Waals surface area contributed by atoms with E-state index in [1.54, 1.807) is 21.3 Å². The highest BCUT2D eigenvalue weighted by molar-refractivity contribution is 8.21. The zero-order valence-electron chi connectivity index (χ0n) is 86.2. The van der Waals surface area contributed by atoms with Crippen molar-refractivity contribution in [3.63, 3.8) is 0 Å². The lowest BCUT2D eigenvalue weighted by Crippen LogP contribution is -2.46. The molecule has 0 aromatic heterocycles. The SMILES string of the molecule is CC(C)c1ccc2c(c1)C1(SCCS1)c1ccccc1S2.COc1c(C2(c3ccccc3)SCCS2)ccc2ccccc12.COc1ccc(C2(c3ccc(OC)cc3)SCCS2)cc1.Cc1ccc2ccccc2c1C1(c2ccc3ccccc3c2)OCC(C)(C)CO1.Cc1ccc2ccccc2c1C1(c2ccc3ccccc3c2)OCCCCO1.Cc1ccc2ccccc2c1C1(c2ccc3ccccc3c2)OCCCO1. The molecule has 0 amide bonds. The number of hydrogen-bond acceptors (Lipinski definition) is 16. The zero-order valence-corrected chi connectivity index (χ0v) is 92.0. The molecule has 0 radical (unpaired) electrons. The number of aryl methyl sites for hydroxylation is 3. The van der Waals surface area contributed by atoms with Gasteiger partial charge in [0, 0.05) is 94.1 Å². The Hall–Kier alpha value is -11.4. The van der Waals surface area contributed by atoms with E-state index >= 15 is 0 Å². The number of thioether (sulfide) groups is 6. The van der Waals surface area contributed by atoms with Crippen LogP contribution in [0.15, 0.2) is 404 Å². The van der Waals surface area contributed by atoms with Crippen molar-refractivity contribution in [2.45, 2.75) is 113 Å². The van der Waals surface area contributed by atoms with Crippen LogP contribution in [0.1, 0.15) is 142 Å². The lowest BCUT2D eigenvalue weighted by Gasteiger charge is -2.45. The van der Waals surface area contributed by atoms with Gasteiger partial charge < -0.3 is 42.6 Å². The van der Waals surface area contributed by atoms with Gasteiger partial charge in [-0.25, -0.2) is 0 Å². The molecule has 6 fully saturated rings. The maximum Gasteiger partial charge on any atom is 0.223 e. The smallest absolute Gasteiger partial charge is 0.223 e. The van der Waals surface area contributed by atoms with Gasteiger partial charge in [0.05, 0.1) is 61.0 Å². The van der Waals surface area contributed by atoms with Crippen LogP contribution in [0, 0.1) is 26.2 Å². The number of benzene rings is 19. The molecule has 149 heavy (non-hydrogen) atoms. The highest BCUT2D eigenvalue weighted by Crippen LogP contribution is 2.65. The van der Waals surface area contributed by atoms with Crippen molar-refractivity contribution >= 4 is 158 Å². The van der Waals surface area contributed by atoms with Crippen molar-refractivity contribution < 1.29 is 42.6 Å². The minimum absolute atomic E-state index is 0.0150. The molecular formula is C133H126O9S7. The average Bonchev–Trinajstić information content (AvgIpc) is 1.30. The monoisotopic (exact) mass is 2090 g/mol. The van der Waals surface area contributed by atoms with Crippen LogP contribution >= 0.6 is 82.3 Å². The summed E-state index contributed by atoms with van der Waals surface area (Å²) >= 11 is 14.2. The van der Waals surface area contributed by atoms with Crippen LogP contribution in [0.5, 0.6) is 17.2 Å². The van der Waals surface area contributed by atoms with E-state index in [0.29, 0.717) is 45.6 Å². The summed E-state index contributed by atoms with van der Waals surface area (Å²) in [6, 6.07) is 140. The fourth-order valence-electron chi connectivity index (χ4n) is 21.8. The Balaban J connectivity index is 0.000000105. The van der Waals surface area contributed by atoms with Crippen molar-refractivity contribution in [1.82, 2.24) is 0 Å². The highest BCUT2D eigenvalue weighted by atomic mass is 32.2. The van der Waals surface area contributed by atoms with E-state index in [4.69, 9.17) is 42.6 Å². The minimum Gasteiger partial charge on any atom is -0.497 e. The first kappa shape index (κ1) is 103. The summed E-state index contributed by atoms with van der Waals surface area (Å²) in [6.45, 7) is 19.4. The fourth-order valence-corrected chi connectivity index (χ4v) is 33.2. The lowest BCUT2D eigenvalue weighted by molar-refractivity contribution is -0.283. The Morgan fingerprint density at radius 3 is 1.01 bits per heavy atom. The van der Waals surface area contributed by atoms with Crippen LogP contribution in [0.3, 0.4) is 0 Å². The third kappa shape index (κ3) is 20.8. The van der Waals surface area contributed by atoms with E-state index in [0.717, 1.165) is 81.4 Å². The van der Waals surface area contributed by atoms with Gasteiger partial charge in [0.1, 0.15) is 29.5 Å². The minimum atomic E-state index is -0.912. The number of ether oxygens (including phenoxy) is 9. The van der Waals surface area contributed by atoms with Crippen molar-refractivity contribution in [2.75, 3.05) is 95.5 Å². The summed E-state index contributed by atoms with van der Waals surface area (Å²) in [5.74, 6) is 7.89. The molecule has 0 aliphatic carbocycles. The van der Waals surface area contributed by atoms with E-state index in [-0.39, 0.29) is 17.7 Å². The van der Waals surface area contributed by atoms with Crippen LogP contribution in [-0.2, 0) is 58.0 Å². The first-order valence-electron chi connectivity index (χ1n) is 51.8. The maximum atomic E-state index is 6.67. The molecule has 26 rings (SSSR count). The molecule has 0 unspecified atom stereocenters. The standard InChI is InChI=1S/C27H26O2.C26H24O2.C25H22O2.C20H18OS2.C18H18S3.C17H18O2S2/c1-19-12-13-21-9-6-7-11-24(21)25(19)27(28-17-26(2,3)18-29-27)23-15-14-20-8-4-5-10-22(20)16-23;1-19-12-13-21-9-4-5-11-24(21)25(19)26(27-16-6-7-17-28-26)23-15-14-20-8-2-3-10-22(20)18-23;1-18-11-12-20-8-4-5-10-23(20)24(18)25(26-15-6-16-27-25)22-14-13-19-7-2-3-9-21(19)17-22;1-21-19-17-10-6-5-7-15(17)11-12-18(19)20(22-13-14-23-20)16-8-3-2-4-9-16;1-12(2)13-7-8-17-15(11-13)18(19-9-10-20-18)14-5-3-4-6-16(14)21-17;1-18-15-7-3-13(4-8-15)17(20-11-12-21-17)14-5-9-16(19-2)10-6-14/h4-16H,17-18H2,1-3H3;2-5,8-15,18H,6-7,16-17H2,1H3;2-5,7-14,17H,6,15-16H2,1H3;2-12H,13-14H2,1H3;3-8,11-12H,9-10H2,1-2H3;3-10H,11-12H2,1-2H3. The summed E-state index contributed by atoms with van der Waals surface area (Å²) in [6.07, 6.45) is 2.94. The second-order valence-electron chi connectivity index (χ2n) is 39.8. The topological polar surface area (TPSA) is 83.1 Å². The zero-order chi connectivity index (χ0) is 102. The van der Waals surface area contributed by atoms with Gasteiger partial charge in [0.15, 0.2) is 0 Å². The van der Waals surface area contributed by atoms with Crippen molar-refractivity contribution in [2.24, 2.45) is 5.41 Å². The molecule has 6 saturated heterocycles. The third-order valence-electron chi connectivity index (χ3n) is 29.3. The predicted octanol–water partition coefficient (Wildman–Crippen LogP) is 34.7. The van der Waals surface area contributed by atoms with Gasteiger partial charge in [0.2, 0.25) is 17.4 Å². The van der Waals surface area contributed by atoms with Gasteiger partial charge in [-0.05, 0) is 221 Å². The second kappa shape index (κ2) is 45.6. The van der Waals surface area contributed by atoms with E-state index < -0.39 is 17.4 Å². The first-order valence-corrected chi connectivity index (χ1v) is 58.6. The van der Waals surface area contributed by atoms with Crippen LogP contribution in [0.4, 0.5) is 0 Å². The average molecular weight is 2090 g/mol. The predicted molar refractivity (Wildman–Crippen MR) is 635 cm³/mol. The Morgan fingerprint density at radius 2 is 0.584 bits per heavy atom. The summed E-state index contributed by atoms with van der Waals surface area (Å²) in [5.41, 5.74) is 19.8. The second-order valence-corrected chi connectivity index (χ2v) is 49.5. The van der Waals surface area contributed by atoms with Gasteiger partial charge in [0.25, 0.3) is 0 Å². The molecule has 1 spiro atoms. The molecule has 7 heterocycles. The van der Waals surface area contributed by atoms with Gasteiger partial charge in [-0.3, -0.25) is 0 Å². The summed E-state index contributed by atoms with van der Waals surface area (Å²) < 4.78 is 55.9. The first-order chi connectivity index (χ1) is 72.9. The molecule has 19 aromatic rings. The maximum absolute atomic E-state index is 6.67. The normalized spacial score (nSPS) is 17.3. The van der Waals surface area contributed by atoms with Crippen molar-refractivity contribution in [3.05, 3.63) is 483 Å². The Labute approximate surface area is 907 Å². The quantitative estimate of drug-likeness (QED) is 0.103. The number of rotatable bonds is 14. The van der Waals surface area contributed by atoms with Crippen LogP contribution in [-0.4, -0.2) is 95.5 Å². The van der Waals surface area contributed by atoms with Crippen LogP contribution in [0.2, 0.25) is 0 Å². The summed E-state index contributed by atoms with van der Waals surface area (Å²) in [5, 5.41) is 16.9. The Kier molecular flexibility index (Phi) is 31.7. The van der Waals surface area contributed by atoms with E-state index in [1.165, 1.54) is 164 Å². The van der Waals surface area contributed by atoms with Crippen molar-refractivity contribution in [1.29, 1.82) is 0 Å². The molecular weight excluding hydrogens is 1970 g/mol. The molecule has 0 N–H and O–H groups in total. The molecule has 0 bridgehead atoms. The summed E-state index contributed by atoms with van der Waals surface area (Å²) in [4.78, 5) is 2.88. The van der Waals surface area contributed by atoms with E-state index in [9.17, 15) is 0 Å². The largest absolute Gasteiger partial charge is 0.497 e. The molecule has 0 atom stereocenters. The molecule has 0 saturated carbocycles.